The molecule has 0 bridgehead atoms. The lowest BCUT2D eigenvalue weighted by Gasteiger charge is -2.40. The topological polar surface area (TPSA) is 116 Å². The summed E-state index contributed by atoms with van der Waals surface area (Å²) in [4.78, 5) is 42.9. The molecule has 3 fully saturated rings. The molecule has 2 aromatic carbocycles. The number of amides is 3. The second-order valence-corrected chi connectivity index (χ2v) is 16.2. The number of likely N-dealkylation sites (tertiary alicyclic amines) is 2. The van der Waals surface area contributed by atoms with Gasteiger partial charge in [-0.2, -0.15) is 0 Å². The van der Waals surface area contributed by atoms with Crippen molar-refractivity contribution >= 4 is 45.2 Å². The number of ether oxygens (including phenoxy) is 1. The van der Waals surface area contributed by atoms with Crippen LogP contribution >= 0.6 is 11.6 Å². The normalized spacial score (nSPS) is 18.5. The highest BCUT2D eigenvalue weighted by molar-refractivity contribution is 7.92. The number of benzene rings is 2. The largest absolute Gasteiger partial charge is 0.444 e. The monoisotopic (exact) mass is 672 g/mol. The van der Waals surface area contributed by atoms with E-state index < -0.39 is 33.7 Å². The van der Waals surface area contributed by atoms with Crippen molar-refractivity contribution in [3.05, 3.63) is 64.7 Å². The molecule has 1 N–H and O–H groups in total. The van der Waals surface area contributed by atoms with Crippen molar-refractivity contribution in [2.45, 2.75) is 70.4 Å². The van der Waals surface area contributed by atoms with Gasteiger partial charge in [0, 0.05) is 44.2 Å². The number of para-hydroxylation sites is 1. The molecule has 250 valence electrons. The van der Waals surface area contributed by atoms with Gasteiger partial charge >= 0.3 is 6.09 Å². The molecular formula is C34H45ClN4O6S. The van der Waals surface area contributed by atoms with Crippen molar-refractivity contribution in [1.29, 1.82) is 0 Å². The van der Waals surface area contributed by atoms with E-state index in [-0.39, 0.29) is 30.8 Å². The molecule has 2 aromatic rings. The lowest BCUT2D eigenvalue weighted by molar-refractivity contribution is -0.139. The minimum absolute atomic E-state index is 0.0989. The van der Waals surface area contributed by atoms with Gasteiger partial charge in [-0.05, 0) is 87.6 Å². The average molecular weight is 673 g/mol. The number of rotatable bonds is 10. The summed E-state index contributed by atoms with van der Waals surface area (Å²) in [7, 11) is -3.44. The number of halogens is 1. The van der Waals surface area contributed by atoms with Crippen LogP contribution in [-0.4, -0.2) is 86.7 Å². The van der Waals surface area contributed by atoms with Crippen molar-refractivity contribution in [2.24, 2.45) is 11.8 Å². The highest BCUT2D eigenvalue weighted by atomic mass is 35.5. The van der Waals surface area contributed by atoms with Crippen LogP contribution in [0, 0.1) is 11.8 Å². The van der Waals surface area contributed by atoms with Gasteiger partial charge < -0.3 is 19.9 Å². The molecule has 0 spiro atoms. The second-order valence-electron chi connectivity index (χ2n) is 13.9. The SMILES string of the molecule is CC(C)(C)OC(=O)N1CC(C(=O)NC(Cc2ccc(Cl)cc2)C(=O)N2CCC(c3ccccc3N(CC3CC3)S(C)(=O)=O)CC2)C1. The third kappa shape index (κ3) is 8.73. The lowest BCUT2D eigenvalue weighted by atomic mass is 9.87. The molecule has 46 heavy (non-hydrogen) atoms. The molecule has 2 aliphatic heterocycles. The minimum atomic E-state index is -3.44. The van der Waals surface area contributed by atoms with E-state index >= 15 is 0 Å². The Morgan fingerprint density at radius 3 is 2.20 bits per heavy atom. The third-order valence-electron chi connectivity index (χ3n) is 8.84. The number of sulfonamides is 1. The predicted molar refractivity (Wildman–Crippen MR) is 178 cm³/mol. The summed E-state index contributed by atoms with van der Waals surface area (Å²) in [6, 6.07) is 14.1. The smallest absolute Gasteiger partial charge is 0.410 e. The Morgan fingerprint density at radius 1 is 0.978 bits per heavy atom. The first-order chi connectivity index (χ1) is 21.7. The fourth-order valence-corrected chi connectivity index (χ4v) is 7.24. The first-order valence-electron chi connectivity index (χ1n) is 16.1. The average Bonchev–Trinajstić information content (AvgIpc) is 3.79. The zero-order valence-electron chi connectivity index (χ0n) is 27.1. The molecule has 3 aliphatic rings. The van der Waals surface area contributed by atoms with Gasteiger partial charge in [-0.25, -0.2) is 13.2 Å². The van der Waals surface area contributed by atoms with Crippen molar-refractivity contribution in [2.75, 3.05) is 43.3 Å². The van der Waals surface area contributed by atoms with Gasteiger partial charge in [-0.1, -0.05) is 41.9 Å². The molecular weight excluding hydrogens is 628 g/mol. The van der Waals surface area contributed by atoms with Gasteiger partial charge in [0.15, 0.2) is 0 Å². The third-order valence-corrected chi connectivity index (χ3v) is 10.2. The number of carbonyl (C=O) groups excluding carboxylic acids is 3. The Bertz CT molecular complexity index is 1530. The van der Waals surface area contributed by atoms with E-state index in [4.69, 9.17) is 16.3 Å². The number of hydrogen-bond acceptors (Lipinski definition) is 6. The summed E-state index contributed by atoms with van der Waals surface area (Å²) >= 11 is 6.09. The van der Waals surface area contributed by atoms with E-state index in [2.05, 4.69) is 5.32 Å². The molecule has 1 saturated carbocycles. The predicted octanol–water partition coefficient (Wildman–Crippen LogP) is 4.82. The maximum Gasteiger partial charge on any atom is 0.410 e. The fourth-order valence-electron chi connectivity index (χ4n) is 6.10. The highest BCUT2D eigenvalue weighted by Gasteiger charge is 2.40. The molecule has 2 heterocycles. The van der Waals surface area contributed by atoms with E-state index in [1.54, 1.807) is 42.1 Å². The van der Waals surface area contributed by atoms with Gasteiger partial charge in [-0.15, -0.1) is 0 Å². The van der Waals surface area contributed by atoms with Crippen LogP contribution in [0.2, 0.25) is 5.02 Å². The Kier molecular flexibility index (Phi) is 10.2. The lowest BCUT2D eigenvalue weighted by Crippen LogP contribution is -2.59. The molecule has 0 radical (unpaired) electrons. The summed E-state index contributed by atoms with van der Waals surface area (Å²) in [5.74, 6) is -0.363. The number of nitrogens with zero attached hydrogens (tertiary/aromatic N) is 3. The van der Waals surface area contributed by atoms with Crippen LogP contribution in [0.3, 0.4) is 0 Å². The Labute approximate surface area is 277 Å². The molecule has 3 amide bonds. The van der Waals surface area contributed by atoms with Gasteiger partial charge in [0.25, 0.3) is 0 Å². The number of anilines is 1. The molecule has 1 unspecified atom stereocenters. The zero-order chi connectivity index (χ0) is 33.2. The van der Waals surface area contributed by atoms with Crippen LogP contribution in [-0.2, 0) is 30.8 Å². The van der Waals surface area contributed by atoms with E-state index in [9.17, 15) is 22.8 Å². The van der Waals surface area contributed by atoms with E-state index in [1.807, 2.05) is 36.4 Å². The Morgan fingerprint density at radius 2 is 1.61 bits per heavy atom. The van der Waals surface area contributed by atoms with Gasteiger partial charge in [0.2, 0.25) is 21.8 Å². The highest BCUT2D eigenvalue weighted by Crippen LogP contribution is 2.38. The van der Waals surface area contributed by atoms with Crippen LogP contribution in [0.15, 0.2) is 48.5 Å². The van der Waals surface area contributed by atoms with E-state index in [0.29, 0.717) is 49.8 Å². The van der Waals surface area contributed by atoms with Crippen molar-refractivity contribution in [1.82, 2.24) is 15.1 Å². The van der Waals surface area contributed by atoms with Crippen LogP contribution in [0.1, 0.15) is 63.5 Å². The second kappa shape index (κ2) is 13.8. The first-order valence-corrected chi connectivity index (χ1v) is 18.3. The molecule has 10 nitrogen and oxygen atoms in total. The van der Waals surface area contributed by atoms with Gasteiger partial charge in [0.05, 0.1) is 17.9 Å². The molecule has 5 rings (SSSR count). The number of hydrogen-bond donors (Lipinski definition) is 1. The number of carbonyl (C=O) groups is 3. The van der Waals surface area contributed by atoms with Crippen LogP contribution in [0.4, 0.5) is 10.5 Å². The minimum Gasteiger partial charge on any atom is -0.444 e. The maximum atomic E-state index is 14.0. The zero-order valence-corrected chi connectivity index (χ0v) is 28.6. The first kappa shape index (κ1) is 34.0. The molecule has 1 aliphatic carbocycles. The molecule has 2 saturated heterocycles. The number of piperidine rings is 1. The quantitative estimate of drug-likeness (QED) is 0.387. The summed E-state index contributed by atoms with van der Waals surface area (Å²) < 4.78 is 32.5. The fraction of sp³-hybridized carbons (Fsp3) is 0.559. The van der Waals surface area contributed by atoms with E-state index in [0.717, 1.165) is 29.7 Å². The standard InChI is InChI=1S/C34H45ClN4O6S/c1-34(2,3)45-33(42)38-21-26(22-38)31(40)36-29(19-23-11-13-27(35)14-12-23)32(41)37-17-15-25(16-18-37)28-7-5-6-8-30(28)39(46(4,43)44)20-24-9-10-24/h5-8,11-14,24-26,29H,9-10,15-22H2,1-4H3,(H,36,40). The summed E-state index contributed by atoms with van der Waals surface area (Å²) in [5.41, 5.74) is 1.97. The maximum absolute atomic E-state index is 14.0. The summed E-state index contributed by atoms with van der Waals surface area (Å²) in [6.07, 6.45) is 4.56. The summed E-state index contributed by atoms with van der Waals surface area (Å²) in [5, 5.41) is 3.56. The summed E-state index contributed by atoms with van der Waals surface area (Å²) in [6.45, 7) is 7.33. The van der Waals surface area contributed by atoms with E-state index in [1.165, 1.54) is 11.2 Å². The van der Waals surface area contributed by atoms with Gasteiger partial charge in [-0.3, -0.25) is 13.9 Å². The number of nitrogens with one attached hydrogen (secondary N) is 1. The molecule has 12 heteroatoms. The van der Waals surface area contributed by atoms with Crippen LogP contribution in [0.5, 0.6) is 0 Å². The van der Waals surface area contributed by atoms with Crippen molar-refractivity contribution in [3.8, 4) is 0 Å². The van der Waals surface area contributed by atoms with Crippen LogP contribution in [0.25, 0.3) is 0 Å². The van der Waals surface area contributed by atoms with Gasteiger partial charge in [0.1, 0.15) is 11.6 Å². The Hall–Kier alpha value is -3.31. The molecule has 0 aromatic heterocycles. The van der Waals surface area contributed by atoms with Crippen molar-refractivity contribution in [3.63, 3.8) is 0 Å². The van der Waals surface area contributed by atoms with Crippen molar-refractivity contribution < 1.29 is 27.5 Å². The van der Waals surface area contributed by atoms with Crippen LogP contribution < -0.4 is 9.62 Å². The Balaban J connectivity index is 1.25. The molecule has 1 atom stereocenters.